The standard InChI is InChI=1S/C18H19ClN2O.ClH/c1-12-14(7-4-8-16(12)19)18(22)21-11-17-15-6-3-2-5-13(15)9-10-20-17;/h2-8,17,20H,9-11H2,1H3,(H,21,22);1H. The van der Waals surface area contributed by atoms with Gasteiger partial charge in [0.05, 0.1) is 0 Å². The summed E-state index contributed by atoms with van der Waals surface area (Å²) in [7, 11) is 0. The third-order valence-corrected chi connectivity index (χ3v) is 4.60. The number of carbonyl (C=O) groups excluding carboxylic acids is 1. The van der Waals surface area contributed by atoms with Crippen LogP contribution in [0.5, 0.6) is 0 Å². The average molecular weight is 351 g/mol. The summed E-state index contributed by atoms with van der Waals surface area (Å²) >= 11 is 6.08. The molecular formula is C18H20Cl2N2O. The summed E-state index contributed by atoms with van der Waals surface area (Å²) in [5.41, 5.74) is 4.09. The minimum atomic E-state index is -0.0788. The molecule has 0 saturated carbocycles. The van der Waals surface area contributed by atoms with Crippen molar-refractivity contribution < 1.29 is 4.79 Å². The SMILES string of the molecule is Cc1c(Cl)cccc1C(=O)NCC1NCCc2ccccc21.Cl. The molecule has 122 valence electrons. The Bertz CT molecular complexity index is 703. The highest BCUT2D eigenvalue weighted by Crippen LogP contribution is 2.22. The van der Waals surface area contributed by atoms with Crippen LogP contribution >= 0.6 is 24.0 Å². The molecule has 23 heavy (non-hydrogen) atoms. The number of hydrogen-bond donors (Lipinski definition) is 2. The molecule has 0 saturated heterocycles. The molecule has 1 unspecified atom stereocenters. The molecule has 3 nitrogen and oxygen atoms in total. The Kier molecular flexibility index (Phi) is 6.05. The van der Waals surface area contributed by atoms with Crippen LogP contribution in [0.1, 0.15) is 33.1 Å². The highest BCUT2D eigenvalue weighted by atomic mass is 35.5. The molecule has 0 aromatic heterocycles. The number of halogens is 2. The molecule has 0 aliphatic carbocycles. The fourth-order valence-corrected chi connectivity index (χ4v) is 3.09. The summed E-state index contributed by atoms with van der Waals surface area (Å²) in [4.78, 5) is 12.4. The van der Waals surface area contributed by atoms with Crippen LogP contribution < -0.4 is 10.6 Å². The smallest absolute Gasteiger partial charge is 0.251 e. The normalized spacial score (nSPS) is 16.2. The predicted octanol–water partition coefficient (Wildman–Crippen LogP) is 3.69. The van der Waals surface area contributed by atoms with E-state index in [0.717, 1.165) is 18.5 Å². The molecule has 2 N–H and O–H groups in total. The summed E-state index contributed by atoms with van der Waals surface area (Å²) in [6.07, 6.45) is 1.04. The number of hydrogen-bond acceptors (Lipinski definition) is 2. The molecule has 2 aromatic rings. The Morgan fingerprint density at radius 3 is 2.87 bits per heavy atom. The van der Waals surface area contributed by atoms with E-state index in [2.05, 4.69) is 28.8 Å². The maximum absolute atomic E-state index is 12.4. The molecule has 1 aliphatic heterocycles. The number of rotatable bonds is 3. The Morgan fingerprint density at radius 2 is 2.04 bits per heavy atom. The van der Waals surface area contributed by atoms with Crippen LogP contribution in [0.3, 0.4) is 0 Å². The summed E-state index contributed by atoms with van der Waals surface area (Å²) in [6, 6.07) is 14.0. The van der Waals surface area contributed by atoms with Gasteiger partial charge in [-0.3, -0.25) is 4.79 Å². The van der Waals surface area contributed by atoms with E-state index in [4.69, 9.17) is 11.6 Å². The van der Waals surface area contributed by atoms with E-state index in [-0.39, 0.29) is 24.4 Å². The van der Waals surface area contributed by atoms with E-state index in [1.54, 1.807) is 18.2 Å². The van der Waals surface area contributed by atoms with Crippen molar-refractivity contribution in [2.75, 3.05) is 13.1 Å². The zero-order valence-corrected chi connectivity index (χ0v) is 14.5. The van der Waals surface area contributed by atoms with Crippen LogP contribution in [0, 0.1) is 6.92 Å². The first kappa shape index (κ1) is 17.8. The minimum absolute atomic E-state index is 0. The Balaban J connectivity index is 0.00000192. The van der Waals surface area contributed by atoms with Crippen molar-refractivity contribution in [1.29, 1.82) is 0 Å². The first-order valence-corrected chi connectivity index (χ1v) is 7.89. The second kappa shape index (κ2) is 7.82. The number of fused-ring (bicyclic) bond motifs is 1. The van der Waals surface area contributed by atoms with Gasteiger partial charge in [-0.15, -0.1) is 12.4 Å². The lowest BCUT2D eigenvalue weighted by molar-refractivity contribution is 0.0948. The molecule has 2 aromatic carbocycles. The molecule has 0 spiro atoms. The molecule has 0 bridgehead atoms. The van der Waals surface area contributed by atoms with Crippen LogP contribution in [-0.2, 0) is 6.42 Å². The van der Waals surface area contributed by atoms with E-state index in [9.17, 15) is 4.79 Å². The number of nitrogens with one attached hydrogen (secondary N) is 2. The van der Waals surface area contributed by atoms with Crippen LogP contribution in [0.15, 0.2) is 42.5 Å². The van der Waals surface area contributed by atoms with Crippen LogP contribution in [0.2, 0.25) is 5.02 Å². The van der Waals surface area contributed by atoms with Crippen molar-refractivity contribution in [3.05, 3.63) is 69.7 Å². The van der Waals surface area contributed by atoms with Gasteiger partial charge in [-0.1, -0.05) is 41.9 Å². The highest BCUT2D eigenvalue weighted by Gasteiger charge is 2.20. The zero-order chi connectivity index (χ0) is 15.5. The second-order valence-corrected chi connectivity index (χ2v) is 5.99. The minimum Gasteiger partial charge on any atom is -0.350 e. The van der Waals surface area contributed by atoms with E-state index >= 15 is 0 Å². The quantitative estimate of drug-likeness (QED) is 0.886. The molecule has 1 atom stereocenters. The van der Waals surface area contributed by atoms with Gasteiger partial charge in [-0.2, -0.15) is 0 Å². The largest absolute Gasteiger partial charge is 0.350 e. The van der Waals surface area contributed by atoms with Gasteiger partial charge in [0.2, 0.25) is 0 Å². The van der Waals surface area contributed by atoms with Gasteiger partial charge in [-0.05, 0) is 48.7 Å². The fraction of sp³-hybridized carbons (Fsp3) is 0.278. The van der Waals surface area contributed by atoms with Gasteiger partial charge in [0.1, 0.15) is 0 Å². The maximum atomic E-state index is 12.4. The van der Waals surface area contributed by atoms with Gasteiger partial charge in [0, 0.05) is 23.2 Å². The van der Waals surface area contributed by atoms with E-state index in [1.165, 1.54) is 11.1 Å². The van der Waals surface area contributed by atoms with Gasteiger partial charge < -0.3 is 10.6 Å². The summed E-state index contributed by atoms with van der Waals surface area (Å²) in [5, 5.41) is 7.10. The molecule has 1 aliphatic rings. The third kappa shape index (κ3) is 3.86. The monoisotopic (exact) mass is 350 g/mol. The van der Waals surface area contributed by atoms with Gasteiger partial charge >= 0.3 is 0 Å². The van der Waals surface area contributed by atoms with Crippen molar-refractivity contribution in [3.63, 3.8) is 0 Å². The lowest BCUT2D eigenvalue weighted by Gasteiger charge is -2.27. The van der Waals surface area contributed by atoms with E-state index in [0.29, 0.717) is 17.1 Å². The van der Waals surface area contributed by atoms with Crippen molar-refractivity contribution in [3.8, 4) is 0 Å². The maximum Gasteiger partial charge on any atom is 0.251 e. The first-order valence-electron chi connectivity index (χ1n) is 7.51. The van der Waals surface area contributed by atoms with Crippen molar-refractivity contribution >= 4 is 29.9 Å². The zero-order valence-electron chi connectivity index (χ0n) is 12.9. The summed E-state index contributed by atoms with van der Waals surface area (Å²) in [6.45, 7) is 3.38. The van der Waals surface area contributed by atoms with Gasteiger partial charge in [-0.25, -0.2) is 0 Å². The van der Waals surface area contributed by atoms with E-state index in [1.807, 2.05) is 13.0 Å². The van der Waals surface area contributed by atoms with Crippen LogP contribution in [0.4, 0.5) is 0 Å². The molecular weight excluding hydrogens is 331 g/mol. The van der Waals surface area contributed by atoms with Gasteiger partial charge in [0.25, 0.3) is 5.91 Å². The number of amides is 1. The Hall–Kier alpha value is -1.55. The Labute approximate surface area is 147 Å². The van der Waals surface area contributed by atoms with Crippen molar-refractivity contribution in [1.82, 2.24) is 10.6 Å². The first-order chi connectivity index (χ1) is 10.7. The predicted molar refractivity (Wildman–Crippen MR) is 96.7 cm³/mol. The number of benzene rings is 2. The molecule has 1 amide bonds. The lowest BCUT2D eigenvalue weighted by atomic mass is 9.94. The molecule has 0 fully saturated rings. The molecule has 5 heteroatoms. The number of carbonyl (C=O) groups is 1. The summed E-state index contributed by atoms with van der Waals surface area (Å²) < 4.78 is 0. The topological polar surface area (TPSA) is 41.1 Å². The van der Waals surface area contributed by atoms with Crippen LogP contribution in [0.25, 0.3) is 0 Å². The van der Waals surface area contributed by atoms with Gasteiger partial charge in [0.15, 0.2) is 0 Å². The Morgan fingerprint density at radius 1 is 1.26 bits per heavy atom. The van der Waals surface area contributed by atoms with Crippen molar-refractivity contribution in [2.45, 2.75) is 19.4 Å². The van der Waals surface area contributed by atoms with E-state index < -0.39 is 0 Å². The third-order valence-electron chi connectivity index (χ3n) is 4.19. The molecule has 3 rings (SSSR count). The lowest BCUT2D eigenvalue weighted by Crippen LogP contribution is -2.39. The molecule has 0 radical (unpaired) electrons. The fourth-order valence-electron chi connectivity index (χ4n) is 2.92. The average Bonchev–Trinajstić information content (AvgIpc) is 2.55. The van der Waals surface area contributed by atoms with Crippen molar-refractivity contribution in [2.24, 2.45) is 0 Å². The molecule has 1 heterocycles. The van der Waals surface area contributed by atoms with Crippen LogP contribution in [-0.4, -0.2) is 19.0 Å². The second-order valence-electron chi connectivity index (χ2n) is 5.58. The highest BCUT2D eigenvalue weighted by molar-refractivity contribution is 6.31. The summed E-state index contributed by atoms with van der Waals surface area (Å²) in [5.74, 6) is -0.0788.